The Bertz CT molecular complexity index is 619. The molecular formula is C22H33NOS. The lowest BCUT2D eigenvalue weighted by atomic mass is 9.70. The lowest BCUT2D eigenvalue weighted by Crippen LogP contribution is -2.42. The summed E-state index contributed by atoms with van der Waals surface area (Å²) in [4.78, 5) is 0. The van der Waals surface area contributed by atoms with E-state index in [2.05, 4.69) is 65.8 Å². The lowest BCUT2D eigenvalue weighted by Gasteiger charge is -2.40. The molecule has 2 fully saturated rings. The van der Waals surface area contributed by atoms with Crippen LogP contribution >= 0.6 is 11.9 Å². The highest BCUT2D eigenvalue weighted by Gasteiger charge is 2.67. The van der Waals surface area contributed by atoms with E-state index in [0.29, 0.717) is 22.7 Å². The van der Waals surface area contributed by atoms with Crippen molar-refractivity contribution in [2.75, 3.05) is 6.61 Å². The number of hydrogen-bond donors (Lipinski definition) is 0. The summed E-state index contributed by atoms with van der Waals surface area (Å²) < 4.78 is 11.3. The van der Waals surface area contributed by atoms with E-state index in [9.17, 15) is 0 Å². The second-order valence-corrected chi connectivity index (χ2v) is 10.8. The lowest BCUT2D eigenvalue weighted by molar-refractivity contribution is -0.0670. The predicted octanol–water partition coefficient (Wildman–Crippen LogP) is 6.01. The van der Waals surface area contributed by atoms with E-state index in [1.807, 2.05) is 12.3 Å². The summed E-state index contributed by atoms with van der Waals surface area (Å²) in [7, 11) is 0. The largest absolute Gasteiger partial charge is 0.376 e. The van der Waals surface area contributed by atoms with Gasteiger partial charge in [0.2, 0.25) is 0 Å². The van der Waals surface area contributed by atoms with Crippen LogP contribution in [0.15, 0.2) is 34.7 Å². The maximum atomic E-state index is 6.56. The Hall–Kier alpha value is -0.800. The molecule has 2 aliphatic carbocycles. The topological polar surface area (TPSA) is 21.6 Å². The number of nitrogens with zero attached hydrogens (tertiary/aromatic N) is 1. The van der Waals surface area contributed by atoms with Crippen LogP contribution in [0.3, 0.4) is 0 Å². The van der Waals surface area contributed by atoms with Gasteiger partial charge in [-0.2, -0.15) is 0 Å². The SMILES string of the molecule is CC(C)(C)CO[C@@H]1[C@H](S/N=C/c2ccccc2)C2CCC1(C)C2(C)C. The van der Waals surface area contributed by atoms with Crippen molar-refractivity contribution in [2.24, 2.45) is 26.6 Å². The second-order valence-electron chi connectivity index (χ2n) is 9.79. The fraction of sp³-hybridized carbons (Fsp3) is 0.682. The molecule has 2 aliphatic rings. The van der Waals surface area contributed by atoms with Crippen LogP contribution in [-0.4, -0.2) is 24.2 Å². The first kappa shape index (κ1) is 19.0. The first-order valence-corrected chi connectivity index (χ1v) is 10.3. The third-order valence-corrected chi connectivity index (χ3v) is 7.62. The highest BCUT2D eigenvalue weighted by Crippen LogP contribution is 2.68. The molecule has 25 heavy (non-hydrogen) atoms. The van der Waals surface area contributed by atoms with Gasteiger partial charge in [-0.3, -0.25) is 0 Å². The standard InChI is InChI=1S/C22H33NOS/c1-20(2,3)15-24-19-18(17-12-13-22(19,6)21(17,4)5)25-23-14-16-10-8-7-9-11-16/h7-11,14,17-19H,12-13,15H2,1-6H3/b23-14+/t17?,18-,19-,22?/m1/s1. The highest BCUT2D eigenvalue weighted by molar-refractivity contribution is 7.98. The molecule has 0 spiro atoms. The third kappa shape index (κ3) is 3.55. The Morgan fingerprint density at radius 1 is 1.20 bits per heavy atom. The molecule has 0 N–H and O–H groups in total. The smallest absolute Gasteiger partial charge is 0.0773 e. The Kier molecular flexibility index (Phi) is 5.11. The zero-order valence-corrected chi connectivity index (χ0v) is 17.4. The van der Waals surface area contributed by atoms with Crippen molar-refractivity contribution >= 4 is 18.2 Å². The van der Waals surface area contributed by atoms with E-state index in [1.165, 1.54) is 12.8 Å². The van der Waals surface area contributed by atoms with E-state index < -0.39 is 0 Å². The number of rotatable bonds is 5. The Balaban J connectivity index is 1.76. The molecule has 2 bridgehead atoms. The van der Waals surface area contributed by atoms with Crippen molar-refractivity contribution in [3.05, 3.63) is 35.9 Å². The molecule has 0 radical (unpaired) electrons. The maximum absolute atomic E-state index is 6.56. The molecule has 4 atom stereocenters. The maximum Gasteiger partial charge on any atom is 0.0773 e. The minimum Gasteiger partial charge on any atom is -0.376 e. The molecule has 0 amide bonds. The third-order valence-electron chi connectivity index (χ3n) is 6.58. The Morgan fingerprint density at radius 2 is 1.88 bits per heavy atom. The summed E-state index contributed by atoms with van der Waals surface area (Å²) in [6, 6.07) is 10.4. The van der Waals surface area contributed by atoms with Crippen molar-refractivity contribution in [1.29, 1.82) is 0 Å². The van der Waals surface area contributed by atoms with Gasteiger partial charge in [-0.15, -0.1) is 0 Å². The Labute approximate surface area is 158 Å². The Morgan fingerprint density at radius 3 is 2.52 bits per heavy atom. The van der Waals surface area contributed by atoms with Crippen molar-refractivity contribution in [2.45, 2.75) is 65.7 Å². The van der Waals surface area contributed by atoms with E-state index in [1.54, 1.807) is 11.9 Å². The molecule has 2 saturated carbocycles. The van der Waals surface area contributed by atoms with Crippen LogP contribution in [0.2, 0.25) is 0 Å². The van der Waals surface area contributed by atoms with Crippen LogP contribution in [0.5, 0.6) is 0 Å². The first-order chi connectivity index (χ1) is 11.7. The number of hydrogen-bond acceptors (Lipinski definition) is 3. The molecule has 2 unspecified atom stereocenters. The van der Waals surface area contributed by atoms with Gasteiger partial charge >= 0.3 is 0 Å². The van der Waals surface area contributed by atoms with Crippen molar-refractivity contribution in [3.63, 3.8) is 0 Å². The molecule has 1 aromatic carbocycles. The van der Waals surface area contributed by atoms with Crippen molar-refractivity contribution < 1.29 is 4.74 Å². The predicted molar refractivity (Wildman–Crippen MR) is 109 cm³/mol. The van der Waals surface area contributed by atoms with Crippen LogP contribution in [0.25, 0.3) is 0 Å². The molecular weight excluding hydrogens is 326 g/mol. The highest BCUT2D eigenvalue weighted by atomic mass is 32.2. The molecule has 2 nitrogen and oxygen atoms in total. The van der Waals surface area contributed by atoms with Gasteiger partial charge in [-0.05, 0) is 47.1 Å². The minimum absolute atomic E-state index is 0.199. The van der Waals surface area contributed by atoms with Gasteiger partial charge in [-0.25, -0.2) is 4.40 Å². The minimum atomic E-state index is 0.199. The van der Waals surface area contributed by atoms with Gasteiger partial charge in [0.15, 0.2) is 0 Å². The van der Waals surface area contributed by atoms with E-state index in [4.69, 9.17) is 9.13 Å². The average molecular weight is 360 g/mol. The number of ether oxygens (including phenoxy) is 1. The second kappa shape index (κ2) is 6.74. The molecule has 3 heteroatoms. The van der Waals surface area contributed by atoms with E-state index in [-0.39, 0.29) is 10.8 Å². The zero-order chi connectivity index (χ0) is 18.3. The van der Waals surface area contributed by atoms with E-state index >= 15 is 0 Å². The summed E-state index contributed by atoms with van der Waals surface area (Å²) in [5.41, 5.74) is 1.93. The quantitative estimate of drug-likeness (QED) is 0.474. The van der Waals surface area contributed by atoms with Crippen molar-refractivity contribution in [3.8, 4) is 0 Å². The molecule has 3 rings (SSSR count). The van der Waals surface area contributed by atoms with Gasteiger partial charge in [0.25, 0.3) is 0 Å². The van der Waals surface area contributed by atoms with Gasteiger partial charge in [0.05, 0.1) is 18.0 Å². The fourth-order valence-electron chi connectivity index (χ4n) is 4.67. The van der Waals surface area contributed by atoms with Crippen LogP contribution in [0.1, 0.15) is 59.9 Å². The first-order valence-electron chi connectivity index (χ1n) is 9.51. The molecule has 0 heterocycles. The summed E-state index contributed by atoms with van der Waals surface area (Å²) in [5.74, 6) is 0.681. The summed E-state index contributed by atoms with van der Waals surface area (Å²) in [5, 5.41) is 0.455. The molecule has 0 saturated heterocycles. The van der Waals surface area contributed by atoms with Crippen LogP contribution in [0, 0.1) is 22.2 Å². The van der Waals surface area contributed by atoms with Crippen LogP contribution in [0.4, 0.5) is 0 Å². The van der Waals surface area contributed by atoms with Crippen LogP contribution in [-0.2, 0) is 4.74 Å². The van der Waals surface area contributed by atoms with E-state index in [0.717, 1.165) is 12.2 Å². The number of benzene rings is 1. The summed E-state index contributed by atoms with van der Waals surface area (Å²) in [6.45, 7) is 14.9. The zero-order valence-electron chi connectivity index (χ0n) is 16.6. The number of fused-ring (bicyclic) bond motifs is 2. The van der Waals surface area contributed by atoms with Crippen LogP contribution < -0.4 is 0 Å². The molecule has 0 aromatic heterocycles. The van der Waals surface area contributed by atoms with Gasteiger partial charge in [0.1, 0.15) is 0 Å². The van der Waals surface area contributed by atoms with Crippen molar-refractivity contribution in [1.82, 2.24) is 0 Å². The molecule has 1 aromatic rings. The monoisotopic (exact) mass is 359 g/mol. The normalized spacial score (nSPS) is 34.1. The summed E-state index contributed by atoms with van der Waals surface area (Å²) >= 11 is 1.75. The summed E-state index contributed by atoms with van der Waals surface area (Å²) in [6.07, 6.45) is 4.86. The molecule has 0 aliphatic heterocycles. The van der Waals surface area contributed by atoms with Gasteiger partial charge < -0.3 is 4.74 Å². The van der Waals surface area contributed by atoms with Gasteiger partial charge in [-0.1, -0.05) is 71.9 Å². The van der Waals surface area contributed by atoms with Gasteiger partial charge in [0, 0.05) is 11.6 Å². The average Bonchev–Trinajstić information content (AvgIpc) is 2.85. The molecule has 138 valence electrons. The fourth-order valence-corrected chi connectivity index (χ4v) is 6.10.